The van der Waals surface area contributed by atoms with Crippen molar-refractivity contribution in [3.8, 4) is 55.6 Å². The summed E-state index contributed by atoms with van der Waals surface area (Å²) in [7, 11) is 0. The van der Waals surface area contributed by atoms with Gasteiger partial charge in [-0.1, -0.05) is 194 Å². The zero-order chi connectivity index (χ0) is 39.8. The number of thiophene rings is 1. The first kappa shape index (κ1) is 35.6. The largest absolute Gasteiger partial charge is 0.310 e. The van der Waals surface area contributed by atoms with Crippen molar-refractivity contribution in [3.63, 3.8) is 0 Å². The van der Waals surface area contributed by atoms with Gasteiger partial charge in [-0.15, -0.1) is 11.3 Å². The molecule has 0 saturated heterocycles. The van der Waals surface area contributed by atoms with Crippen LogP contribution in [-0.2, 0) is 0 Å². The third kappa shape index (κ3) is 6.54. The van der Waals surface area contributed by atoms with E-state index in [4.69, 9.17) is 0 Å². The molecule has 0 aliphatic heterocycles. The molecule has 0 saturated carbocycles. The Hall–Kier alpha value is -7.52. The van der Waals surface area contributed by atoms with Gasteiger partial charge in [0.05, 0.1) is 5.69 Å². The van der Waals surface area contributed by atoms with Gasteiger partial charge in [-0.05, 0) is 103 Å². The van der Waals surface area contributed by atoms with E-state index in [1.807, 2.05) is 11.3 Å². The van der Waals surface area contributed by atoms with Crippen LogP contribution in [0.4, 0.5) is 17.1 Å². The van der Waals surface area contributed by atoms with Gasteiger partial charge in [0.25, 0.3) is 0 Å². The first-order valence-electron chi connectivity index (χ1n) is 20.5. The van der Waals surface area contributed by atoms with E-state index in [1.54, 1.807) is 0 Å². The molecule has 0 amide bonds. The van der Waals surface area contributed by atoms with E-state index in [-0.39, 0.29) is 0 Å². The molecule has 11 rings (SSSR count). The van der Waals surface area contributed by atoms with Crippen LogP contribution in [0.3, 0.4) is 0 Å². The van der Waals surface area contributed by atoms with Gasteiger partial charge >= 0.3 is 0 Å². The maximum atomic E-state index is 2.42. The van der Waals surface area contributed by atoms with Gasteiger partial charge < -0.3 is 4.90 Å². The SMILES string of the molecule is c1ccc(-c2ccc(-c3ccc(N(c4ccc(-c5ccc(-c6cccc7ccccc67)cc5)cc4)c4ccccc4-c4cccc5sc6ccccc6c45)cc3)cc2)cc1. The van der Waals surface area contributed by atoms with Crippen LogP contribution in [0.2, 0.25) is 0 Å². The summed E-state index contributed by atoms with van der Waals surface area (Å²) in [5, 5.41) is 5.14. The molecule has 1 aromatic heterocycles. The molecule has 0 bridgehead atoms. The van der Waals surface area contributed by atoms with Crippen LogP contribution in [0.15, 0.2) is 237 Å². The minimum atomic E-state index is 1.10. The molecule has 1 heterocycles. The third-order valence-electron chi connectivity index (χ3n) is 11.7. The van der Waals surface area contributed by atoms with Crippen molar-refractivity contribution in [2.75, 3.05) is 4.90 Å². The number of nitrogens with zero attached hydrogens (tertiary/aromatic N) is 1. The quantitative estimate of drug-likeness (QED) is 0.148. The van der Waals surface area contributed by atoms with Crippen molar-refractivity contribution in [2.45, 2.75) is 0 Å². The molecule has 0 aliphatic rings. The Morgan fingerprint density at radius 2 is 0.700 bits per heavy atom. The summed E-state index contributed by atoms with van der Waals surface area (Å²) < 4.78 is 2.61. The van der Waals surface area contributed by atoms with Crippen LogP contribution < -0.4 is 4.90 Å². The van der Waals surface area contributed by atoms with E-state index < -0.39 is 0 Å². The molecule has 0 spiro atoms. The summed E-state index contributed by atoms with van der Waals surface area (Å²) in [6, 6.07) is 86.0. The molecule has 0 atom stereocenters. The first-order chi connectivity index (χ1) is 29.7. The molecule has 1 nitrogen and oxygen atoms in total. The van der Waals surface area contributed by atoms with Crippen LogP contribution in [0, 0.1) is 0 Å². The summed E-state index contributed by atoms with van der Waals surface area (Å²) in [5.74, 6) is 0. The second-order valence-electron chi connectivity index (χ2n) is 15.3. The molecule has 2 heteroatoms. The fourth-order valence-corrected chi connectivity index (χ4v) is 9.87. The zero-order valence-electron chi connectivity index (χ0n) is 32.9. The Morgan fingerprint density at radius 1 is 0.267 bits per heavy atom. The van der Waals surface area contributed by atoms with Gasteiger partial charge in [-0.2, -0.15) is 0 Å². The summed E-state index contributed by atoms with van der Waals surface area (Å²) in [4.78, 5) is 2.42. The molecule has 10 aromatic carbocycles. The van der Waals surface area contributed by atoms with Crippen molar-refractivity contribution >= 4 is 59.3 Å². The fourth-order valence-electron chi connectivity index (χ4n) is 8.73. The maximum Gasteiger partial charge on any atom is 0.0540 e. The molecule has 0 N–H and O–H groups in total. The standard InChI is InChI=1S/C58H39NS/c1-2-12-40(13-3-1)41-24-26-42(27-25-41)44-32-36-48(37-33-44)59(55-21-8-6-17-52(55)53-20-11-23-57-58(53)54-18-7-9-22-56(54)60-57)49-38-34-45(35-39-49)43-28-30-47(31-29-43)51-19-10-15-46-14-4-5-16-50(46)51/h1-39H. The predicted molar refractivity (Wildman–Crippen MR) is 259 cm³/mol. The lowest BCUT2D eigenvalue weighted by Crippen LogP contribution is -2.11. The van der Waals surface area contributed by atoms with Gasteiger partial charge in [0.15, 0.2) is 0 Å². The Kier molecular flexibility index (Phi) is 9.11. The van der Waals surface area contributed by atoms with Crippen LogP contribution >= 0.6 is 11.3 Å². The van der Waals surface area contributed by atoms with Crippen molar-refractivity contribution in [1.29, 1.82) is 0 Å². The summed E-state index contributed by atoms with van der Waals surface area (Å²) in [5.41, 5.74) is 15.4. The molecule has 282 valence electrons. The molecule has 0 aliphatic carbocycles. The van der Waals surface area contributed by atoms with Crippen LogP contribution in [0.1, 0.15) is 0 Å². The van der Waals surface area contributed by atoms with Gasteiger partial charge in [0, 0.05) is 37.1 Å². The third-order valence-corrected chi connectivity index (χ3v) is 12.9. The minimum absolute atomic E-state index is 1.10. The molecular weight excluding hydrogens is 743 g/mol. The molecule has 60 heavy (non-hydrogen) atoms. The predicted octanol–water partition coefficient (Wildman–Crippen LogP) is 17.0. The fraction of sp³-hybridized carbons (Fsp3) is 0. The Balaban J connectivity index is 0.988. The second kappa shape index (κ2) is 15.3. The monoisotopic (exact) mass is 781 g/mol. The molecule has 0 unspecified atom stereocenters. The molecular formula is C58H39NS. The number of rotatable bonds is 8. The zero-order valence-corrected chi connectivity index (χ0v) is 33.7. The highest BCUT2D eigenvalue weighted by molar-refractivity contribution is 7.25. The van der Waals surface area contributed by atoms with Crippen molar-refractivity contribution in [3.05, 3.63) is 237 Å². The van der Waals surface area contributed by atoms with E-state index in [9.17, 15) is 0 Å². The topological polar surface area (TPSA) is 3.24 Å². The normalized spacial score (nSPS) is 11.3. The lowest BCUT2D eigenvalue weighted by molar-refractivity contribution is 1.28. The summed E-state index contributed by atoms with van der Waals surface area (Å²) >= 11 is 1.86. The smallest absolute Gasteiger partial charge is 0.0540 e. The Bertz CT molecular complexity index is 3270. The van der Waals surface area contributed by atoms with Gasteiger partial charge in [-0.3, -0.25) is 0 Å². The number of benzene rings is 10. The number of fused-ring (bicyclic) bond motifs is 4. The molecule has 0 fully saturated rings. The van der Waals surface area contributed by atoms with Crippen LogP contribution in [0.5, 0.6) is 0 Å². The molecule has 11 aromatic rings. The number of hydrogen-bond donors (Lipinski definition) is 0. The number of hydrogen-bond acceptors (Lipinski definition) is 2. The highest BCUT2D eigenvalue weighted by atomic mass is 32.1. The Labute approximate surface area is 354 Å². The average Bonchev–Trinajstić information content (AvgIpc) is 3.72. The molecule has 0 radical (unpaired) electrons. The lowest BCUT2D eigenvalue weighted by Gasteiger charge is -2.28. The maximum absolute atomic E-state index is 2.42. The van der Waals surface area contributed by atoms with E-state index in [0.29, 0.717) is 0 Å². The van der Waals surface area contributed by atoms with E-state index in [2.05, 4.69) is 241 Å². The first-order valence-corrected chi connectivity index (χ1v) is 21.3. The van der Waals surface area contributed by atoms with Crippen molar-refractivity contribution in [1.82, 2.24) is 0 Å². The number of para-hydroxylation sites is 1. The van der Waals surface area contributed by atoms with Crippen LogP contribution in [0.25, 0.3) is 86.6 Å². The van der Waals surface area contributed by atoms with Crippen molar-refractivity contribution in [2.24, 2.45) is 0 Å². The van der Waals surface area contributed by atoms with Gasteiger partial charge in [-0.25, -0.2) is 0 Å². The highest BCUT2D eigenvalue weighted by Crippen LogP contribution is 2.46. The average molecular weight is 782 g/mol. The van der Waals surface area contributed by atoms with E-state index in [1.165, 1.54) is 86.6 Å². The Morgan fingerprint density at radius 3 is 1.37 bits per heavy atom. The number of anilines is 3. The van der Waals surface area contributed by atoms with E-state index in [0.717, 1.165) is 17.1 Å². The highest BCUT2D eigenvalue weighted by Gasteiger charge is 2.20. The second-order valence-corrected chi connectivity index (χ2v) is 16.4. The van der Waals surface area contributed by atoms with Gasteiger partial charge in [0.2, 0.25) is 0 Å². The van der Waals surface area contributed by atoms with Crippen molar-refractivity contribution < 1.29 is 0 Å². The summed E-state index contributed by atoms with van der Waals surface area (Å²) in [6.07, 6.45) is 0. The minimum Gasteiger partial charge on any atom is -0.310 e. The summed E-state index contributed by atoms with van der Waals surface area (Å²) in [6.45, 7) is 0. The van der Waals surface area contributed by atoms with Gasteiger partial charge in [0.1, 0.15) is 0 Å². The van der Waals surface area contributed by atoms with Crippen LogP contribution in [-0.4, -0.2) is 0 Å². The lowest BCUT2D eigenvalue weighted by atomic mass is 9.95. The van der Waals surface area contributed by atoms with E-state index >= 15 is 0 Å².